The number of carboxylic acids is 1. The van der Waals surface area contributed by atoms with Crippen LogP contribution in [0.3, 0.4) is 0 Å². The minimum absolute atomic E-state index is 0.138. The van der Waals surface area contributed by atoms with Crippen LogP contribution in [0.2, 0.25) is 5.02 Å². The molecular formula is C25H30ClF3N6O3. The van der Waals surface area contributed by atoms with Crippen LogP contribution in [0.15, 0.2) is 36.7 Å². The Morgan fingerprint density at radius 1 is 1.26 bits per heavy atom. The third-order valence-electron chi connectivity index (χ3n) is 6.71. The standard InChI is InChI=1S/C23H29ClN6O.C2HF3O2/c24-19-14-27-22(29-21(19)18-13-26-20-6-2-1-5-17(18)20)28-16-4-3-7-23(31,12-16)15-30-10-8-25-9-11-30;3-2(4,5)1(6)7/h1-2,5-6,13-14,16,25-26,31H,3-4,7-12,15H2,(H,27,28,29);(H,6,7)/t16-,23?;/m1./s1. The van der Waals surface area contributed by atoms with Gasteiger partial charge < -0.3 is 25.8 Å². The molecular weight excluding hydrogens is 525 g/mol. The van der Waals surface area contributed by atoms with Gasteiger partial charge in [0.25, 0.3) is 0 Å². The molecule has 0 amide bonds. The minimum Gasteiger partial charge on any atom is -0.475 e. The molecule has 3 heterocycles. The van der Waals surface area contributed by atoms with Crippen molar-refractivity contribution in [3.8, 4) is 11.3 Å². The lowest BCUT2D eigenvalue weighted by atomic mass is 9.81. The first-order chi connectivity index (χ1) is 18.0. The van der Waals surface area contributed by atoms with Gasteiger partial charge in [0.1, 0.15) is 0 Å². The van der Waals surface area contributed by atoms with Crippen LogP contribution in [0, 0.1) is 0 Å². The summed E-state index contributed by atoms with van der Waals surface area (Å²) in [7, 11) is 0. The molecule has 1 unspecified atom stereocenters. The number of hydrogen-bond acceptors (Lipinski definition) is 7. The smallest absolute Gasteiger partial charge is 0.475 e. The first kappa shape index (κ1) is 28.1. The molecule has 9 nitrogen and oxygen atoms in total. The molecule has 13 heteroatoms. The fourth-order valence-corrected chi connectivity index (χ4v) is 5.16. The van der Waals surface area contributed by atoms with E-state index in [4.69, 9.17) is 26.5 Å². The van der Waals surface area contributed by atoms with Crippen LogP contribution < -0.4 is 10.6 Å². The first-order valence-electron chi connectivity index (χ1n) is 12.4. The van der Waals surface area contributed by atoms with Gasteiger partial charge in [0.15, 0.2) is 0 Å². The molecule has 0 radical (unpaired) electrons. The number of hydrogen-bond donors (Lipinski definition) is 5. The van der Waals surface area contributed by atoms with E-state index in [1.165, 1.54) is 0 Å². The Balaban J connectivity index is 0.000000426. The summed E-state index contributed by atoms with van der Waals surface area (Å²) in [5.41, 5.74) is 2.06. The lowest BCUT2D eigenvalue weighted by Crippen LogP contribution is -2.53. The fourth-order valence-electron chi connectivity index (χ4n) is 4.97. The molecule has 2 atom stereocenters. The molecule has 206 valence electrons. The molecule has 0 bridgehead atoms. The van der Waals surface area contributed by atoms with Crippen molar-refractivity contribution in [1.82, 2.24) is 25.2 Å². The van der Waals surface area contributed by atoms with Crippen LogP contribution in [0.4, 0.5) is 19.1 Å². The monoisotopic (exact) mass is 554 g/mol. The van der Waals surface area contributed by atoms with E-state index >= 15 is 0 Å². The maximum atomic E-state index is 11.3. The highest BCUT2D eigenvalue weighted by atomic mass is 35.5. The van der Waals surface area contributed by atoms with Gasteiger partial charge >= 0.3 is 12.1 Å². The lowest BCUT2D eigenvalue weighted by molar-refractivity contribution is -0.192. The largest absolute Gasteiger partial charge is 0.490 e. The number of aromatic amines is 1. The van der Waals surface area contributed by atoms with Gasteiger partial charge in [-0.2, -0.15) is 13.2 Å². The van der Waals surface area contributed by atoms with Crippen molar-refractivity contribution < 1.29 is 28.2 Å². The molecule has 2 aromatic heterocycles. The predicted octanol–water partition coefficient (Wildman–Crippen LogP) is 3.90. The summed E-state index contributed by atoms with van der Waals surface area (Å²) in [6, 6.07) is 8.24. The molecule has 1 saturated carbocycles. The van der Waals surface area contributed by atoms with Crippen LogP contribution in [0.5, 0.6) is 0 Å². The highest BCUT2D eigenvalue weighted by molar-refractivity contribution is 6.33. The topological polar surface area (TPSA) is 126 Å². The number of β-amino-alcohol motifs (C(OH)–C–C–N with tert-alkyl or cyclic N) is 1. The normalized spacial score (nSPS) is 22.5. The van der Waals surface area contributed by atoms with Crippen molar-refractivity contribution in [1.29, 1.82) is 0 Å². The number of nitrogens with one attached hydrogen (secondary N) is 3. The van der Waals surface area contributed by atoms with Gasteiger partial charge in [-0.3, -0.25) is 4.90 Å². The Kier molecular flexibility index (Phi) is 8.76. The summed E-state index contributed by atoms with van der Waals surface area (Å²) >= 11 is 6.47. The molecule has 1 saturated heterocycles. The summed E-state index contributed by atoms with van der Waals surface area (Å²) in [6.45, 7) is 4.71. The number of H-pyrrole nitrogens is 1. The molecule has 0 spiro atoms. The number of nitrogens with zero attached hydrogens (tertiary/aromatic N) is 3. The molecule has 2 fully saturated rings. The van der Waals surface area contributed by atoms with Gasteiger partial charge in [-0.15, -0.1) is 0 Å². The number of alkyl halides is 3. The number of halogens is 4. The van der Waals surface area contributed by atoms with Crippen LogP contribution >= 0.6 is 11.6 Å². The quantitative estimate of drug-likeness (QED) is 0.321. The third kappa shape index (κ3) is 7.13. The Morgan fingerprint density at radius 2 is 1.97 bits per heavy atom. The number of aliphatic hydroxyl groups is 1. The van der Waals surface area contributed by atoms with E-state index < -0.39 is 17.7 Å². The van der Waals surface area contributed by atoms with Crippen molar-refractivity contribution in [3.63, 3.8) is 0 Å². The van der Waals surface area contributed by atoms with E-state index in [0.29, 0.717) is 23.1 Å². The maximum absolute atomic E-state index is 11.3. The second kappa shape index (κ2) is 11.9. The Morgan fingerprint density at radius 3 is 2.68 bits per heavy atom. The number of aromatic nitrogens is 3. The molecule has 1 aliphatic heterocycles. The van der Waals surface area contributed by atoms with Crippen molar-refractivity contribution in [3.05, 3.63) is 41.7 Å². The zero-order valence-corrected chi connectivity index (χ0v) is 21.3. The number of carbonyl (C=O) groups is 1. The zero-order chi connectivity index (χ0) is 27.3. The minimum atomic E-state index is -5.08. The van der Waals surface area contributed by atoms with E-state index in [1.54, 1.807) is 6.20 Å². The number of anilines is 1. The summed E-state index contributed by atoms with van der Waals surface area (Å²) in [6.07, 6.45) is 2.04. The molecule has 38 heavy (non-hydrogen) atoms. The number of para-hydroxylation sites is 1. The number of aliphatic carboxylic acids is 1. The van der Waals surface area contributed by atoms with Crippen LogP contribution in [0.1, 0.15) is 25.7 Å². The average molecular weight is 555 g/mol. The number of carboxylic acid groups (broad SMARTS) is 1. The molecule has 1 aromatic carbocycles. The van der Waals surface area contributed by atoms with E-state index in [2.05, 4.69) is 31.6 Å². The second-order valence-corrected chi connectivity index (χ2v) is 10.0. The van der Waals surface area contributed by atoms with Crippen molar-refractivity contribution in [2.45, 2.75) is 43.5 Å². The van der Waals surface area contributed by atoms with Gasteiger partial charge in [0.2, 0.25) is 5.95 Å². The summed E-state index contributed by atoms with van der Waals surface area (Å²) in [5, 5.41) is 26.8. The average Bonchev–Trinajstić information content (AvgIpc) is 3.29. The number of fused-ring (bicyclic) bond motifs is 1. The first-order valence-corrected chi connectivity index (χ1v) is 12.7. The number of benzene rings is 1. The fraction of sp³-hybridized carbons (Fsp3) is 0.480. The van der Waals surface area contributed by atoms with Gasteiger partial charge in [-0.05, 0) is 31.7 Å². The van der Waals surface area contributed by atoms with Gasteiger partial charge in [-0.25, -0.2) is 14.8 Å². The summed E-state index contributed by atoms with van der Waals surface area (Å²) < 4.78 is 31.7. The molecule has 1 aliphatic carbocycles. The highest BCUT2D eigenvalue weighted by Crippen LogP contribution is 2.34. The second-order valence-electron chi connectivity index (χ2n) is 9.63. The van der Waals surface area contributed by atoms with E-state index in [0.717, 1.165) is 68.5 Å². The van der Waals surface area contributed by atoms with Crippen LogP contribution in [-0.2, 0) is 4.79 Å². The molecule has 5 N–H and O–H groups in total. The zero-order valence-electron chi connectivity index (χ0n) is 20.6. The van der Waals surface area contributed by atoms with Gasteiger partial charge in [0.05, 0.1) is 22.5 Å². The number of rotatable bonds is 5. The Hall–Kier alpha value is -2.93. The van der Waals surface area contributed by atoms with Crippen LogP contribution in [-0.4, -0.2) is 86.6 Å². The SMILES string of the molecule is O=C(O)C(F)(F)F.OC1(CN2CCNCC2)CCC[C@@H](Nc2ncc(Cl)c(-c3c[nH]c4ccccc34)n2)C1. The number of piperazine rings is 1. The third-order valence-corrected chi connectivity index (χ3v) is 6.99. The maximum Gasteiger partial charge on any atom is 0.490 e. The van der Waals surface area contributed by atoms with Crippen LogP contribution in [0.25, 0.3) is 22.2 Å². The highest BCUT2D eigenvalue weighted by Gasteiger charge is 2.38. The van der Waals surface area contributed by atoms with Crippen molar-refractivity contribution in [2.75, 3.05) is 38.0 Å². The molecule has 5 rings (SSSR count). The van der Waals surface area contributed by atoms with E-state index in [9.17, 15) is 18.3 Å². The van der Waals surface area contributed by atoms with E-state index in [-0.39, 0.29) is 6.04 Å². The van der Waals surface area contributed by atoms with E-state index in [1.807, 2.05) is 24.4 Å². The van der Waals surface area contributed by atoms with Crippen molar-refractivity contribution in [2.24, 2.45) is 0 Å². The predicted molar refractivity (Wildman–Crippen MR) is 138 cm³/mol. The summed E-state index contributed by atoms with van der Waals surface area (Å²) in [4.78, 5) is 23.7. The Labute approximate surface area is 222 Å². The molecule has 2 aliphatic rings. The molecule has 3 aromatic rings. The van der Waals surface area contributed by atoms with Gasteiger partial charge in [0, 0.05) is 61.4 Å². The Bertz CT molecular complexity index is 1250. The van der Waals surface area contributed by atoms with Gasteiger partial charge in [-0.1, -0.05) is 29.8 Å². The lowest BCUT2D eigenvalue weighted by Gasteiger charge is -2.41. The van der Waals surface area contributed by atoms with Crippen molar-refractivity contribution >= 4 is 34.4 Å². The summed E-state index contributed by atoms with van der Waals surface area (Å²) in [5.74, 6) is -2.20.